The van der Waals surface area contributed by atoms with Gasteiger partial charge in [-0.05, 0) is 19.4 Å². The van der Waals surface area contributed by atoms with E-state index in [1.807, 2.05) is 6.92 Å². The summed E-state index contributed by atoms with van der Waals surface area (Å²) in [5, 5.41) is 16.3. The molecule has 1 aromatic carbocycles. The third-order valence-electron chi connectivity index (χ3n) is 3.69. The van der Waals surface area contributed by atoms with Gasteiger partial charge in [-0.2, -0.15) is 0 Å². The topological polar surface area (TPSA) is 114 Å². The lowest BCUT2D eigenvalue weighted by atomic mass is 10.1. The van der Waals surface area contributed by atoms with E-state index in [1.165, 1.54) is 23.1 Å². The van der Waals surface area contributed by atoms with E-state index >= 15 is 0 Å². The molecule has 1 saturated heterocycles. The molecule has 0 aromatic heterocycles. The van der Waals surface area contributed by atoms with Crippen LogP contribution in [0, 0.1) is 10.1 Å². The molecule has 1 atom stereocenters. The Kier molecular flexibility index (Phi) is 5.56. The lowest BCUT2D eigenvalue weighted by Gasteiger charge is -2.34. The second-order valence-corrected chi connectivity index (χ2v) is 5.21. The van der Waals surface area contributed by atoms with Gasteiger partial charge in [-0.25, -0.2) is 4.79 Å². The zero-order chi connectivity index (χ0) is 17.7. The highest BCUT2D eigenvalue weighted by molar-refractivity contribution is 5.95. The number of ether oxygens (including phenoxy) is 1. The van der Waals surface area contributed by atoms with Gasteiger partial charge in [0.15, 0.2) is 0 Å². The molecule has 9 heteroatoms. The summed E-state index contributed by atoms with van der Waals surface area (Å²) in [5.41, 5.74) is 0.0501. The molecule has 1 aromatic rings. The van der Waals surface area contributed by atoms with E-state index in [2.05, 4.69) is 10.6 Å². The molecule has 0 aliphatic carbocycles. The Morgan fingerprint density at radius 3 is 2.88 bits per heavy atom. The maximum absolute atomic E-state index is 12.5. The second-order valence-electron chi connectivity index (χ2n) is 5.21. The number of nitro groups is 1. The van der Waals surface area contributed by atoms with Crippen LogP contribution in [-0.2, 0) is 4.79 Å². The minimum atomic E-state index is -0.562. The van der Waals surface area contributed by atoms with E-state index in [1.54, 1.807) is 6.92 Å². The molecule has 24 heavy (non-hydrogen) atoms. The number of rotatable bonds is 5. The number of urea groups is 1. The molecule has 9 nitrogen and oxygen atoms in total. The maximum atomic E-state index is 12.5. The molecule has 0 unspecified atom stereocenters. The zero-order valence-electron chi connectivity index (χ0n) is 13.6. The molecule has 3 amide bonds. The van der Waals surface area contributed by atoms with E-state index in [0.29, 0.717) is 31.9 Å². The van der Waals surface area contributed by atoms with Crippen molar-refractivity contribution in [3.05, 3.63) is 28.3 Å². The fourth-order valence-electron chi connectivity index (χ4n) is 2.56. The number of hydrogen-bond donors (Lipinski definition) is 2. The van der Waals surface area contributed by atoms with Gasteiger partial charge < -0.3 is 20.3 Å². The van der Waals surface area contributed by atoms with Crippen LogP contribution in [-0.4, -0.2) is 47.5 Å². The highest BCUT2D eigenvalue weighted by atomic mass is 16.6. The van der Waals surface area contributed by atoms with E-state index in [0.717, 1.165) is 0 Å². The quantitative estimate of drug-likeness (QED) is 0.628. The Morgan fingerprint density at radius 2 is 2.25 bits per heavy atom. The fourth-order valence-corrected chi connectivity index (χ4v) is 2.56. The molecule has 0 radical (unpaired) electrons. The Morgan fingerprint density at radius 1 is 1.50 bits per heavy atom. The minimum absolute atomic E-state index is 0.155. The van der Waals surface area contributed by atoms with Crippen LogP contribution in [0.5, 0.6) is 5.75 Å². The number of piperazine rings is 1. The summed E-state index contributed by atoms with van der Waals surface area (Å²) in [4.78, 5) is 36.2. The van der Waals surface area contributed by atoms with E-state index in [9.17, 15) is 19.7 Å². The second kappa shape index (κ2) is 7.62. The number of carbonyl (C=O) groups is 2. The number of benzene rings is 1. The average Bonchev–Trinajstić information content (AvgIpc) is 2.56. The number of non-ortho nitro benzene ring substituents is 1. The number of nitro benzene ring substituents is 1. The molecule has 0 bridgehead atoms. The van der Waals surface area contributed by atoms with Gasteiger partial charge in [-0.1, -0.05) is 6.92 Å². The Hall–Kier alpha value is -2.84. The van der Waals surface area contributed by atoms with Crippen LogP contribution in [0.3, 0.4) is 0 Å². The number of nitrogens with zero attached hydrogens (tertiary/aromatic N) is 2. The van der Waals surface area contributed by atoms with Gasteiger partial charge in [0.1, 0.15) is 11.8 Å². The van der Waals surface area contributed by atoms with Crippen LogP contribution in [0.1, 0.15) is 20.3 Å². The van der Waals surface area contributed by atoms with Crippen molar-refractivity contribution in [2.75, 3.05) is 25.0 Å². The fraction of sp³-hybridized carbons (Fsp3) is 0.467. The van der Waals surface area contributed by atoms with Crippen molar-refractivity contribution >= 4 is 23.3 Å². The van der Waals surface area contributed by atoms with Gasteiger partial charge in [0, 0.05) is 25.2 Å². The predicted molar refractivity (Wildman–Crippen MR) is 87.1 cm³/mol. The molecule has 1 fully saturated rings. The largest absolute Gasteiger partial charge is 0.492 e. The molecular weight excluding hydrogens is 316 g/mol. The predicted octanol–water partition coefficient (Wildman–Crippen LogP) is 1.74. The van der Waals surface area contributed by atoms with Gasteiger partial charge in [-0.15, -0.1) is 0 Å². The van der Waals surface area contributed by atoms with E-state index < -0.39 is 17.0 Å². The first kappa shape index (κ1) is 17.5. The van der Waals surface area contributed by atoms with Gasteiger partial charge in [0.25, 0.3) is 5.69 Å². The summed E-state index contributed by atoms with van der Waals surface area (Å²) in [6.07, 6.45) is 0.479. The third-order valence-corrected chi connectivity index (χ3v) is 3.69. The van der Waals surface area contributed by atoms with Crippen molar-refractivity contribution in [3.63, 3.8) is 0 Å². The van der Waals surface area contributed by atoms with Crippen LogP contribution in [0.25, 0.3) is 0 Å². The molecule has 130 valence electrons. The summed E-state index contributed by atoms with van der Waals surface area (Å²) in [6, 6.07) is 2.95. The summed E-state index contributed by atoms with van der Waals surface area (Å²) < 4.78 is 5.40. The minimum Gasteiger partial charge on any atom is -0.492 e. The first-order chi connectivity index (χ1) is 11.5. The van der Waals surface area contributed by atoms with Crippen LogP contribution >= 0.6 is 0 Å². The van der Waals surface area contributed by atoms with E-state index in [-0.39, 0.29) is 17.3 Å². The van der Waals surface area contributed by atoms with Crippen LogP contribution < -0.4 is 15.4 Å². The lowest BCUT2D eigenvalue weighted by Crippen LogP contribution is -2.57. The molecule has 1 aliphatic heterocycles. The Labute approximate surface area is 139 Å². The molecule has 1 aliphatic rings. The van der Waals surface area contributed by atoms with Crippen LogP contribution in [0.2, 0.25) is 0 Å². The van der Waals surface area contributed by atoms with Crippen molar-refractivity contribution in [3.8, 4) is 5.75 Å². The molecule has 0 spiro atoms. The van der Waals surface area contributed by atoms with Gasteiger partial charge in [-0.3, -0.25) is 14.9 Å². The Bertz CT molecular complexity index is 649. The third kappa shape index (κ3) is 3.73. The normalized spacial score (nSPS) is 17.2. The van der Waals surface area contributed by atoms with Crippen molar-refractivity contribution in [2.24, 2.45) is 0 Å². The number of hydrogen-bond acceptors (Lipinski definition) is 5. The first-order valence-corrected chi connectivity index (χ1v) is 7.74. The molecule has 2 rings (SSSR count). The van der Waals surface area contributed by atoms with Gasteiger partial charge >= 0.3 is 6.03 Å². The monoisotopic (exact) mass is 336 g/mol. The summed E-state index contributed by atoms with van der Waals surface area (Å²) in [5.74, 6) is 0.133. The van der Waals surface area contributed by atoms with Crippen molar-refractivity contribution in [1.82, 2.24) is 10.2 Å². The summed E-state index contributed by atoms with van der Waals surface area (Å²) in [7, 11) is 0. The highest BCUT2D eigenvalue weighted by Crippen LogP contribution is 2.29. The smallest absolute Gasteiger partial charge is 0.322 e. The van der Waals surface area contributed by atoms with Gasteiger partial charge in [0.05, 0.1) is 17.2 Å². The molecular formula is C15H20N4O5. The zero-order valence-corrected chi connectivity index (χ0v) is 13.6. The first-order valence-electron chi connectivity index (χ1n) is 7.74. The number of anilines is 1. The standard InChI is InChI=1S/C15H20N4O5/c1-3-12-14(20)16-7-8-18(12)15(21)17-11-9-10(19(22)23)5-6-13(11)24-4-2/h5-6,9,12H,3-4,7-8H2,1-2H3,(H,16,20)(H,17,21)/t12-/m0/s1. The molecule has 1 heterocycles. The van der Waals surface area contributed by atoms with Gasteiger partial charge in [0.2, 0.25) is 5.91 Å². The lowest BCUT2D eigenvalue weighted by molar-refractivity contribution is -0.384. The van der Waals surface area contributed by atoms with Crippen LogP contribution in [0.15, 0.2) is 18.2 Å². The molecule has 2 N–H and O–H groups in total. The van der Waals surface area contributed by atoms with Crippen molar-refractivity contribution in [2.45, 2.75) is 26.3 Å². The highest BCUT2D eigenvalue weighted by Gasteiger charge is 2.32. The number of carbonyl (C=O) groups excluding carboxylic acids is 2. The number of nitrogens with one attached hydrogen (secondary N) is 2. The van der Waals surface area contributed by atoms with E-state index in [4.69, 9.17) is 4.74 Å². The summed E-state index contributed by atoms with van der Waals surface area (Å²) in [6.45, 7) is 4.68. The van der Waals surface area contributed by atoms with Crippen molar-refractivity contribution < 1.29 is 19.2 Å². The van der Waals surface area contributed by atoms with Crippen molar-refractivity contribution in [1.29, 1.82) is 0 Å². The van der Waals surface area contributed by atoms with Crippen LogP contribution in [0.4, 0.5) is 16.2 Å². The number of amides is 3. The maximum Gasteiger partial charge on any atom is 0.322 e. The molecule has 0 saturated carbocycles. The summed E-state index contributed by atoms with van der Waals surface area (Å²) >= 11 is 0. The average molecular weight is 336 g/mol. The Balaban J connectivity index is 2.24. The SMILES string of the molecule is CCOc1ccc([N+](=O)[O-])cc1NC(=O)N1CCNC(=O)[C@@H]1CC.